The lowest BCUT2D eigenvalue weighted by Crippen LogP contribution is -2.42. The van der Waals surface area contributed by atoms with Crippen molar-refractivity contribution in [3.8, 4) is 17.2 Å². The number of ether oxygens (including phenoxy) is 2. The maximum atomic E-state index is 13.2. The van der Waals surface area contributed by atoms with Gasteiger partial charge in [-0.1, -0.05) is 12.1 Å². The van der Waals surface area contributed by atoms with Gasteiger partial charge in [-0.15, -0.1) is 0 Å². The number of hydrogen-bond acceptors (Lipinski definition) is 5. The second-order valence-electron chi connectivity index (χ2n) is 5.20. The first-order valence-electron chi connectivity index (χ1n) is 7.26. The van der Waals surface area contributed by atoms with E-state index in [1.165, 1.54) is 6.07 Å². The summed E-state index contributed by atoms with van der Waals surface area (Å²) >= 11 is 0. The van der Waals surface area contributed by atoms with Crippen LogP contribution in [0.1, 0.15) is 12.5 Å². The molecule has 24 heavy (non-hydrogen) atoms. The Balaban J connectivity index is 1.68. The van der Waals surface area contributed by atoms with E-state index in [4.69, 9.17) is 9.47 Å². The summed E-state index contributed by atoms with van der Waals surface area (Å²) < 4.78 is 24.3. The number of carbonyl (C=O) groups is 1. The fourth-order valence-corrected chi connectivity index (χ4v) is 2.22. The van der Waals surface area contributed by atoms with Crippen molar-refractivity contribution in [2.45, 2.75) is 13.0 Å². The van der Waals surface area contributed by atoms with Crippen LogP contribution in [0.2, 0.25) is 0 Å². The number of hydrazone groups is 1. The van der Waals surface area contributed by atoms with Crippen LogP contribution in [0, 0.1) is 5.82 Å². The van der Waals surface area contributed by atoms with Gasteiger partial charge in [-0.2, -0.15) is 5.10 Å². The van der Waals surface area contributed by atoms with Gasteiger partial charge in [0.1, 0.15) is 18.2 Å². The van der Waals surface area contributed by atoms with Crippen molar-refractivity contribution in [3.05, 3.63) is 53.8 Å². The van der Waals surface area contributed by atoms with Crippen LogP contribution in [0.3, 0.4) is 0 Å². The van der Waals surface area contributed by atoms with Gasteiger partial charge in [-0.25, -0.2) is 9.82 Å². The molecule has 0 saturated heterocycles. The first-order valence-corrected chi connectivity index (χ1v) is 7.26. The van der Waals surface area contributed by atoms with Gasteiger partial charge in [0.25, 0.3) is 5.91 Å². The van der Waals surface area contributed by atoms with Gasteiger partial charge >= 0.3 is 0 Å². The molecule has 0 aliphatic carbocycles. The zero-order valence-corrected chi connectivity index (χ0v) is 12.8. The minimum absolute atomic E-state index is 0.0582. The fourth-order valence-electron chi connectivity index (χ4n) is 2.22. The number of benzene rings is 2. The van der Waals surface area contributed by atoms with E-state index in [9.17, 15) is 14.3 Å². The number of carbonyl (C=O) groups excluding carboxylic acids is 1. The van der Waals surface area contributed by atoms with E-state index in [-0.39, 0.29) is 23.6 Å². The van der Waals surface area contributed by atoms with Crippen molar-refractivity contribution in [3.63, 3.8) is 0 Å². The van der Waals surface area contributed by atoms with Crippen molar-refractivity contribution >= 4 is 11.6 Å². The van der Waals surface area contributed by atoms with Gasteiger partial charge in [0, 0.05) is 5.56 Å². The SMILES string of the molecule is C/C(=N\NC(=O)C1COc2ccccc2O1)c1cc(F)ccc1O. The van der Waals surface area contributed by atoms with E-state index in [0.29, 0.717) is 11.5 Å². The van der Waals surface area contributed by atoms with Gasteiger partial charge in [-0.3, -0.25) is 4.79 Å². The normalized spacial score (nSPS) is 16.6. The van der Waals surface area contributed by atoms with Crippen molar-refractivity contribution in [2.75, 3.05) is 6.61 Å². The van der Waals surface area contributed by atoms with Gasteiger partial charge in [0.05, 0.1) is 5.71 Å². The molecule has 1 aliphatic heterocycles. The molecule has 1 amide bonds. The highest BCUT2D eigenvalue weighted by atomic mass is 19.1. The smallest absolute Gasteiger partial charge is 0.284 e. The second kappa shape index (κ2) is 6.57. The summed E-state index contributed by atoms with van der Waals surface area (Å²) in [6.07, 6.45) is -0.849. The Labute approximate surface area is 137 Å². The standard InChI is InChI=1S/C17H15FN2O4/c1-10(12-8-11(18)6-7-13(12)21)19-20-17(22)16-9-23-14-4-2-3-5-15(14)24-16/h2-8,16,21H,9H2,1H3,(H,20,22)/b19-10+. The molecule has 1 atom stereocenters. The van der Waals surface area contributed by atoms with Gasteiger partial charge in [0.15, 0.2) is 11.5 Å². The van der Waals surface area contributed by atoms with Crippen LogP contribution in [0.25, 0.3) is 0 Å². The largest absolute Gasteiger partial charge is 0.507 e. The highest BCUT2D eigenvalue weighted by molar-refractivity contribution is 6.01. The van der Waals surface area contributed by atoms with E-state index < -0.39 is 17.8 Å². The lowest BCUT2D eigenvalue weighted by Gasteiger charge is -2.24. The highest BCUT2D eigenvalue weighted by Crippen LogP contribution is 2.30. The molecular weight excluding hydrogens is 315 g/mol. The number of halogens is 1. The maximum Gasteiger partial charge on any atom is 0.284 e. The number of amides is 1. The minimum Gasteiger partial charge on any atom is -0.507 e. The Morgan fingerprint density at radius 2 is 2.04 bits per heavy atom. The Morgan fingerprint density at radius 3 is 2.83 bits per heavy atom. The van der Waals surface area contributed by atoms with Crippen LogP contribution in [0.4, 0.5) is 4.39 Å². The van der Waals surface area contributed by atoms with Crippen LogP contribution >= 0.6 is 0 Å². The van der Waals surface area contributed by atoms with Crippen LogP contribution in [0.15, 0.2) is 47.6 Å². The fraction of sp³-hybridized carbons (Fsp3) is 0.176. The molecule has 0 radical (unpaired) electrons. The molecule has 1 aliphatic rings. The number of rotatable bonds is 3. The monoisotopic (exact) mass is 330 g/mol. The van der Waals surface area contributed by atoms with Crippen molar-refractivity contribution < 1.29 is 23.8 Å². The number of para-hydroxylation sites is 2. The quantitative estimate of drug-likeness (QED) is 0.668. The zero-order valence-electron chi connectivity index (χ0n) is 12.8. The topological polar surface area (TPSA) is 80.2 Å². The molecule has 0 fully saturated rings. The Bertz CT molecular complexity index is 807. The summed E-state index contributed by atoms with van der Waals surface area (Å²) in [5, 5.41) is 13.6. The molecule has 0 saturated carbocycles. The zero-order chi connectivity index (χ0) is 17.1. The molecule has 124 valence electrons. The molecule has 2 aromatic rings. The van der Waals surface area contributed by atoms with E-state index in [1.807, 2.05) is 6.07 Å². The third kappa shape index (κ3) is 3.29. The number of fused-ring (bicyclic) bond motifs is 1. The van der Waals surface area contributed by atoms with Gasteiger partial charge < -0.3 is 14.6 Å². The predicted molar refractivity (Wildman–Crippen MR) is 84.8 cm³/mol. The van der Waals surface area contributed by atoms with Gasteiger partial charge in [-0.05, 0) is 37.3 Å². The summed E-state index contributed by atoms with van der Waals surface area (Å²) in [6, 6.07) is 10.5. The summed E-state index contributed by atoms with van der Waals surface area (Å²) in [4.78, 5) is 12.1. The maximum absolute atomic E-state index is 13.2. The number of aromatic hydroxyl groups is 1. The molecule has 0 bridgehead atoms. The highest BCUT2D eigenvalue weighted by Gasteiger charge is 2.27. The summed E-state index contributed by atoms with van der Waals surface area (Å²) in [6.45, 7) is 1.60. The molecule has 0 aromatic heterocycles. The Hall–Kier alpha value is -3.09. The second-order valence-corrected chi connectivity index (χ2v) is 5.20. The number of nitrogens with zero attached hydrogens (tertiary/aromatic N) is 1. The Morgan fingerprint density at radius 1 is 1.29 bits per heavy atom. The van der Waals surface area contributed by atoms with Crippen LogP contribution in [0.5, 0.6) is 17.2 Å². The average molecular weight is 330 g/mol. The molecule has 2 aromatic carbocycles. The first kappa shape index (κ1) is 15.8. The number of phenolic OH excluding ortho intramolecular Hbond substituents is 1. The van der Waals surface area contributed by atoms with Crippen molar-refractivity contribution in [1.82, 2.24) is 5.43 Å². The van der Waals surface area contributed by atoms with E-state index in [2.05, 4.69) is 10.5 Å². The minimum atomic E-state index is -0.849. The Kier molecular flexibility index (Phi) is 4.33. The van der Waals surface area contributed by atoms with E-state index in [0.717, 1.165) is 12.1 Å². The van der Waals surface area contributed by atoms with Crippen molar-refractivity contribution in [2.24, 2.45) is 5.10 Å². The summed E-state index contributed by atoms with van der Waals surface area (Å²) in [7, 11) is 0. The third-order valence-corrected chi connectivity index (χ3v) is 3.48. The lowest BCUT2D eigenvalue weighted by molar-refractivity contribution is -0.130. The molecular formula is C17H15FN2O4. The summed E-state index contributed by atoms with van der Waals surface area (Å²) in [5.41, 5.74) is 2.80. The first-order chi connectivity index (χ1) is 11.5. The van der Waals surface area contributed by atoms with Crippen LogP contribution in [-0.2, 0) is 4.79 Å². The predicted octanol–water partition coefficient (Wildman–Crippen LogP) is 2.21. The third-order valence-electron chi connectivity index (χ3n) is 3.48. The molecule has 2 N–H and O–H groups in total. The number of nitrogens with one attached hydrogen (secondary N) is 1. The average Bonchev–Trinajstić information content (AvgIpc) is 2.61. The number of hydrogen-bond donors (Lipinski definition) is 2. The van der Waals surface area contributed by atoms with Crippen LogP contribution < -0.4 is 14.9 Å². The van der Waals surface area contributed by atoms with Crippen LogP contribution in [-0.4, -0.2) is 29.4 Å². The number of phenols is 1. The molecule has 7 heteroatoms. The molecule has 1 unspecified atom stereocenters. The lowest BCUT2D eigenvalue weighted by atomic mass is 10.1. The molecule has 6 nitrogen and oxygen atoms in total. The molecule has 1 heterocycles. The van der Waals surface area contributed by atoms with Gasteiger partial charge in [0.2, 0.25) is 6.10 Å². The molecule has 3 rings (SSSR count). The van der Waals surface area contributed by atoms with E-state index >= 15 is 0 Å². The summed E-state index contributed by atoms with van der Waals surface area (Å²) in [5.74, 6) is -0.0830. The van der Waals surface area contributed by atoms with E-state index in [1.54, 1.807) is 25.1 Å². The van der Waals surface area contributed by atoms with Crippen molar-refractivity contribution in [1.29, 1.82) is 0 Å². The molecule has 0 spiro atoms.